The molecule has 1 atom stereocenters. The summed E-state index contributed by atoms with van der Waals surface area (Å²) >= 11 is 6.25. The van der Waals surface area contributed by atoms with Gasteiger partial charge in [-0.15, -0.1) is 0 Å². The zero-order chi connectivity index (χ0) is 32.7. The molecule has 0 aliphatic heterocycles. The van der Waals surface area contributed by atoms with Gasteiger partial charge in [0.05, 0.1) is 10.6 Å². The molecule has 1 aliphatic carbocycles. The van der Waals surface area contributed by atoms with E-state index >= 15 is 0 Å². The Morgan fingerprint density at radius 1 is 0.848 bits per heavy atom. The van der Waals surface area contributed by atoms with Crippen LogP contribution in [0.1, 0.15) is 47.9 Å². The van der Waals surface area contributed by atoms with Gasteiger partial charge in [0.15, 0.2) is 0 Å². The first-order valence-electron chi connectivity index (χ1n) is 15.6. The van der Waals surface area contributed by atoms with Crippen molar-refractivity contribution >= 4 is 39.1 Å². The van der Waals surface area contributed by atoms with Crippen LogP contribution < -0.4 is 9.62 Å². The summed E-state index contributed by atoms with van der Waals surface area (Å²) < 4.78 is 29.5. The Bertz CT molecular complexity index is 1740. The predicted octanol–water partition coefficient (Wildman–Crippen LogP) is 6.85. The maximum Gasteiger partial charge on any atom is 0.264 e. The van der Waals surface area contributed by atoms with Gasteiger partial charge in [-0.25, -0.2) is 8.42 Å². The summed E-state index contributed by atoms with van der Waals surface area (Å²) in [7, 11) is -4.18. The van der Waals surface area contributed by atoms with Crippen molar-refractivity contribution in [2.24, 2.45) is 0 Å². The van der Waals surface area contributed by atoms with E-state index < -0.39 is 28.5 Å². The van der Waals surface area contributed by atoms with Crippen molar-refractivity contribution in [3.05, 3.63) is 130 Å². The molecule has 1 N–H and O–H groups in total. The molecule has 4 aromatic rings. The highest BCUT2D eigenvalue weighted by molar-refractivity contribution is 7.92. The lowest BCUT2D eigenvalue weighted by Gasteiger charge is -2.34. The first-order chi connectivity index (χ1) is 22.1. The number of carbonyl (C=O) groups excluding carboxylic acids is 2. The van der Waals surface area contributed by atoms with Gasteiger partial charge in [0.1, 0.15) is 12.6 Å². The van der Waals surface area contributed by atoms with E-state index in [-0.39, 0.29) is 29.8 Å². The minimum absolute atomic E-state index is 0.0498. The number of halogens is 1. The number of amides is 2. The number of rotatable bonds is 12. The topological polar surface area (TPSA) is 86.8 Å². The van der Waals surface area contributed by atoms with Gasteiger partial charge < -0.3 is 10.2 Å². The number of benzene rings is 4. The van der Waals surface area contributed by atoms with Crippen LogP contribution in [0.3, 0.4) is 0 Å². The lowest BCUT2D eigenvalue weighted by Crippen LogP contribution is -2.54. The van der Waals surface area contributed by atoms with E-state index in [2.05, 4.69) is 5.32 Å². The third-order valence-electron chi connectivity index (χ3n) is 8.48. The summed E-state index contributed by atoms with van der Waals surface area (Å²) in [5, 5.41) is 3.66. The Morgan fingerprint density at radius 3 is 2.11 bits per heavy atom. The van der Waals surface area contributed by atoms with Crippen LogP contribution in [0.25, 0.3) is 0 Å². The molecule has 1 unspecified atom stereocenters. The Morgan fingerprint density at radius 2 is 1.48 bits per heavy atom. The van der Waals surface area contributed by atoms with Gasteiger partial charge in [-0.3, -0.25) is 13.9 Å². The monoisotopic (exact) mass is 657 g/mol. The fraction of sp³-hybridized carbons (Fsp3) is 0.297. The standard InChI is InChI=1S/C37H40ClN3O4S/c1-27-17-19-30(20-18-27)25-40(35(24-29-11-5-3-6-12-29)37(43)39-32-13-9-10-14-32)36(42)26-41(34-22-21-31(38)23-28(34)2)46(44,45)33-15-7-4-8-16-33/h3-8,11-12,15-23,32,35H,9-10,13-14,24-26H2,1-2H3,(H,39,43). The predicted molar refractivity (Wildman–Crippen MR) is 183 cm³/mol. The van der Waals surface area contributed by atoms with Crippen molar-refractivity contribution < 1.29 is 18.0 Å². The number of anilines is 1. The number of nitrogens with zero attached hydrogens (tertiary/aromatic N) is 2. The normalized spacial score (nSPS) is 14.1. The highest BCUT2D eigenvalue weighted by Gasteiger charge is 2.36. The first kappa shape index (κ1) is 33.2. The van der Waals surface area contributed by atoms with Gasteiger partial charge in [-0.2, -0.15) is 0 Å². The van der Waals surface area contributed by atoms with Gasteiger partial charge in [0, 0.05) is 24.0 Å². The largest absolute Gasteiger partial charge is 0.352 e. The van der Waals surface area contributed by atoms with Crippen LogP contribution in [0, 0.1) is 13.8 Å². The summed E-state index contributed by atoms with van der Waals surface area (Å²) in [6.07, 6.45) is 4.17. The molecule has 5 rings (SSSR count). The molecule has 1 fully saturated rings. The molecule has 0 bridgehead atoms. The van der Waals surface area contributed by atoms with E-state index in [1.807, 2.05) is 61.5 Å². The average molecular weight is 658 g/mol. The first-order valence-corrected chi connectivity index (χ1v) is 17.5. The van der Waals surface area contributed by atoms with Gasteiger partial charge in [0.25, 0.3) is 10.0 Å². The maximum absolute atomic E-state index is 14.6. The molecule has 240 valence electrons. The lowest BCUT2D eigenvalue weighted by molar-refractivity contribution is -0.140. The zero-order valence-electron chi connectivity index (χ0n) is 26.2. The molecule has 46 heavy (non-hydrogen) atoms. The Balaban J connectivity index is 1.57. The number of sulfonamides is 1. The number of aryl methyl sites for hydroxylation is 2. The van der Waals surface area contributed by atoms with Gasteiger partial charge in [-0.1, -0.05) is 103 Å². The smallest absolute Gasteiger partial charge is 0.264 e. The Hall–Kier alpha value is -4.14. The second-order valence-corrected chi connectivity index (χ2v) is 14.3. The number of hydrogen-bond acceptors (Lipinski definition) is 4. The van der Waals surface area contributed by atoms with Gasteiger partial charge in [0.2, 0.25) is 11.8 Å². The van der Waals surface area contributed by atoms with Crippen LogP contribution in [-0.4, -0.2) is 43.8 Å². The fourth-order valence-corrected chi connectivity index (χ4v) is 7.67. The molecule has 9 heteroatoms. The third kappa shape index (κ3) is 8.17. The van der Waals surface area contributed by atoms with Crippen molar-refractivity contribution in [2.75, 3.05) is 10.8 Å². The van der Waals surface area contributed by atoms with E-state index in [1.165, 1.54) is 12.1 Å². The Kier molecular flexibility index (Phi) is 10.8. The van der Waals surface area contributed by atoms with Crippen LogP contribution >= 0.6 is 11.6 Å². The Labute approximate surface area is 277 Å². The van der Waals surface area contributed by atoms with Gasteiger partial charge >= 0.3 is 0 Å². The molecule has 0 saturated heterocycles. The van der Waals surface area contributed by atoms with Crippen LogP contribution in [0.15, 0.2) is 108 Å². The lowest BCUT2D eigenvalue weighted by atomic mass is 10.0. The maximum atomic E-state index is 14.6. The molecule has 0 aromatic heterocycles. The molecule has 2 amide bonds. The summed E-state index contributed by atoms with van der Waals surface area (Å²) in [6.45, 7) is 3.37. The summed E-state index contributed by atoms with van der Waals surface area (Å²) in [5.74, 6) is -0.728. The van der Waals surface area contributed by atoms with E-state index in [0.29, 0.717) is 16.3 Å². The number of hydrogen-bond donors (Lipinski definition) is 1. The highest BCUT2D eigenvalue weighted by Crippen LogP contribution is 2.30. The fourth-order valence-electron chi connectivity index (χ4n) is 5.94. The number of carbonyl (C=O) groups is 2. The average Bonchev–Trinajstić information content (AvgIpc) is 3.56. The van der Waals surface area contributed by atoms with Crippen molar-refractivity contribution in [3.8, 4) is 0 Å². The van der Waals surface area contributed by atoms with Crippen LogP contribution in [0.5, 0.6) is 0 Å². The van der Waals surface area contributed by atoms with E-state index in [9.17, 15) is 18.0 Å². The number of nitrogens with one attached hydrogen (secondary N) is 1. The SMILES string of the molecule is Cc1ccc(CN(C(=O)CN(c2ccc(Cl)cc2C)S(=O)(=O)c2ccccc2)C(Cc2ccccc2)C(=O)NC2CCCC2)cc1. The highest BCUT2D eigenvalue weighted by atomic mass is 35.5. The molecule has 1 saturated carbocycles. The molecule has 0 spiro atoms. The van der Waals surface area contributed by atoms with E-state index in [1.54, 1.807) is 48.2 Å². The van der Waals surface area contributed by atoms with Crippen molar-refractivity contribution in [2.45, 2.75) is 69.5 Å². The van der Waals surface area contributed by atoms with E-state index in [0.717, 1.165) is 46.7 Å². The van der Waals surface area contributed by atoms with Crippen LogP contribution in [-0.2, 0) is 32.6 Å². The zero-order valence-corrected chi connectivity index (χ0v) is 27.8. The second-order valence-electron chi connectivity index (χ2n) is 12.0. The molecule has 7 nitrogen and oxygen atoms in total. The van der Waals surface area contributed by atoms with Crippen molar-refractivity contribution in [3.63, 3.8) is 0 Å². The molecule has 1 aliphatic rings. The quantitative estimate of drug-likeness (QED) is 0.181. The van der Waals surface area contributed by atoms with Crippen LogP contribution in [0.2, 0.25) is 5.02 Å². The summed E-state index contributed by atoms with van der Waals surface area (Å²) in [4.78, 5) is 30.3. The van der Waals surface area contributed by atoms with Gasteiger partial charge in [-0.05, 0) is 73.7 Å². The third-order valence-corrected chi connectivity index (χ3v) is 10.5. The van der Waals surface area contributed by atoms with E-state index in [4.69, 9.17) is 11.6 Å². The molecule has 4 aromatic carbocycles. The van der Waals surface area contributed by atoms with Crippen LogP contribution in [0.4, 0.5) is 5.69 Å². The molecular weight excluding hydrogens is 618 g/mol. The van der Waals surface area contributed by atoms with Crippen molar-refractivity contribution in [1.82, 2.24) is 10.2 Å². The summed E-state index contributed by atoms with van der Waals surface area (Å²) in [6, 6.07) is 29.5. The summed E-state index contributed by atoms with van der Waals surface area (Å²) in [5.41, 5.74) is 3.75. The molecule has 0 radical (unpaired) electrons. The second kappa shape index (κ2) is 15.0. The molecular formula is C37H40ClN3O4S. The molecule has 0 heterocycles. The van der Waals surface area contributed by atoms with Crippen molar-refractivity contribution in [1.29, 1.82) is 0 Å². The minimum Gasteiger partial charge on any atom is -0.352 e. The minimum atomic E-state index is -4.18.